The molecule has 1 amide bonds. The Morgan fingerprint density at radius 1 is 1.10 bits per heavy atom. The Morgan fingerprint density at radius 3 is 2.67 bits per heavy atom. The molecule has 1 aliphatic heterocycles. The molecule has 0 bridgehead atoms. The minimum Gasteiger partial charge on any atom is -0.463 e. The number of aromatic nitrogens is 4. The molecule has 152 valence electrons. The maximum Gasteiger partial charge on any atom is 0.254 e. The van der Waals surface area contributed by atoms with E-state index < -0.39 is 0 Å². The number of carbonyl (C=O) groups is 1. The van der Waals surface area contributed by atoms with Gasteiger partial charge in [-0.25, -0.2) is 9.97 Å². The molecule has 1 N–H and O–H groups in total. The van der Waals surface area contributed by atoms with Crippen molar-refractivity contribution < 1.29 is 9.21 Å². The summed E-state index contributed by atoms with van der Waals surface area (Å²) >= 11 is 0. The van der Waals surface area contributed by atoms with Crippen molar-refractivity contribution in [2.45, 2.75) is 13.5 Å². The van der Waals surface area contributed by atoms with Crippen LogP contribution in [0.4, 0.5) is 0 Å². The van der Waals surface area contributed by atoms with Crippen LogP contribution in [0.25, 0.3) is 22.4 Å². The largest absolute Gasteiger partial charge is 0.463 e. The molecule has 0 saturated carbocycles. The van der Waals surface area contributed by atoms with Gasteiger partial charge in [0.2, 0.25) is 0 Å². The maximum atomic E-state index is 13.4. The second-order valence-corrected chi connectivity index (χ2v) is 7.45. The summed E-state index contributed by atoms with van der Waals surface area (Å²) in [5.74, 6) is 2.28. The molecule has 0 aliphatic carbocycles. The molecule has 0 unspecified atom stereocenters. The van der Waals surface area contributed by atoms with Gasteiger partial charge in [0.15, 0.2) is 11.6 Å². The number of nitrogens with one attached hydrogen (secondary N) is 1. The van der Waals surface area contributed by atoms with Gasteiger partial charge in [-0.1, -0.05) is 18.2 Å². The van der Waals surface area contributed by atoms with Crippen LogP contribution in [0.15, 0.2) is 53.1 Å². The van der Waals surface area contributed by atoms with Gasteiger partial charge in [0, 0.05) is 31.6 Å². The Hall–Kier alpha value is -3.52. The van der Waals surface area contributed by atoms with Gasteiger partial charge < -0.3 is 9.32 Å². The van der Waals surface area contributed by atoms with Crippen LogP contribution < -0.4 is 0 Å². The van der Waals surface area contributed by atoms with Crippen molar-refractivity contribution in [1.29, 1.82) is 0 Å². The smallest absolute Gasteiger partial charge is 0.254 e. The molecule has 0 atom stereocenters. The number of aryl methyl sites for hydroxylation is 1. The van der Waals surface area contributed by atoms with E-state index >= 15 is 0 Å². The summed E-state index contributed by atoms with van der Waals surface area (Å²) in [6.45, 7) is 5.47. The summed E-state index contributed by atoms with van der Waals surface area (Å²) in [4.78, 5) is 26.6. The molecule has 30 heavy (non-hydrogen) atoms. The van der Waals surface area contributed by atoms with Crippen LogP contribution in [0.2, 0.25) is 0 Å². The Morgan fingerprint density at radius 2 is 1.93 bits per heavy atom. The zero-order valence-corrected chi connectivity index (χ0v) is 16.7. The van der Waals surface area contributed by atoms with Gasteiger partial charge in [-0.2, -0.15) is 5.10 Å². The Kier molecular flexibility index (Phi) is 4.76. The van der Waals surface area contributed by atoms with Crippen LogP contribution in [0.3, 0.4) is 0 Å². The third-order valence-electron chi connectivity index (χ3n) is 5.39. The van der Waals surface area contributed by atoms with Crippen molar-refractivity contribution >= 4 is 16.8 Å². The molecule has 5 rings (SSSR count). The zero-order chi connectivity index (χ0) is 20.5. The molecule has 3 aromatic heterocycles. The van der Waals surface area contributed by atoms with Crippen LogP contribution in [0, 0.1) is 6.92 Å². The lowest BCUT2D eigenvalue weighted by molar-refractivity contribution is 0.0627. The number of benzene rings is 1. The molecule has 4 aromatic rings. The number of aromatic amines is 1. The van der Waals surface area contributed by atoms with Crippen molar-refractivity contribution in [1.82, 2.24) is 30.0 Å². The molecular formula is C22H22N6O2. The van der Waals surface area contributed by atoms with Gasteiger partial charge in [-0.3, -0.25) is 14.8 Å². The first-order valence-electron chi connectivity index (χ1n) is 10.0. The van der Waals surface area contributed by atoms with Gasteiger partial charge in [-0.15, -0.1) is 0 Å². The van der Waals surface area contributed by atoms with Gasteiger partial charge in [0.05, 0.1) is 23.9 Å². The molecular weight excluding hydrogens is 380 g/mol. The molecule has 4 heterocycles. The lowest BCUT2D eigenvalue weighted by Gasteiger charge is -2.34. The maximum absolute atomic E-state index is 13.4. The molecule has 1 fully saturated rings. The number of piperazine rings is 1. The van der Waals surface area contributed by atoms with Crippen LogP contribution in [-0.4, -0.2) is 62.1 Å². The number of hydrogen-bond acceptors (Lipinski definition) is 6. The molecule has 8 nitrogen and oxygen atoms in total. The Bertz CT molecular complexity index is 1180. The second kappa shape index (κ2) is 7.72. The molecule has 1 aliphatic rings. The summed E-state index contributed by atoms with van der Waals surface area (Å²) in [5.41, 5.74) is 2.11. The third-order valence-corrected chi connectivity index (χ3v) is 5.39. The van der Waals surface area contributed by atoms with Crippen LogP contribution in [0.5, 0.6) is 0 Å². The lowest BCUT2D eigenvalue weighted by atomic mass is 10.0. The number of nitrogens with zero attached hydrogens (tertiary/aromatic N) is 5. The number of furan rings is 1. The summed E-state index contributed by atoms with van der Waals surface area (Å²) in [5, 5.41) is 7.94. The Labute approximate surface area is 173 Å². The first-order valence-corrected chi connectivity index (χ1v) is 10.0. The highest BCUT2D eigenvalue weighted by Crippen LogP contribution is 2.26. The summed E-state index contributed by atoms with van der Waals surface area (Å²) in [6.07, 6.45) is 1.61. The number of pyridine rings is 1. The first kappa shape index (κ1) is 18.5. The number of carbonyl (C=O) groups excluding carboxylic acids is 1. The van der Waals surface area contributed by atoms with E-state index in [2.05, 4.69) is 25.1 Å². The second-order valence-electron chi connectivity index (χ2n) is 7.45. The molecule has 0 spiro atoms. The topological polar surface area (TPSA) is 91.2 Å². The van der Waals surface area contributed by atoms with Crippen molar-refractivity contribution in [3.8, 4) is 11.5 Å². The van der Waals surface area contributed by atoms with Crippen LogP contribution >= 0.6 is 0 Å². The number of amides is 1. The van der Waals surface area contributed by atoms with Gasteiger partial charge >= 0.3 is 0 Å². The van der Waals surface area contributed by atoms with Crippen molar-refractivity contribution in [2.75, 3.05) is 26.2 Å². The normalized spacial score (nSPS) is 15.0. The van der Waals surface area contributed by atoms with E-state index in [4.69, 9.17) is 4.42 Å². The fraction of sp³-hybridized carbons (Fsp3) is 0.273. The average molecular weight is 402 g/mol. The fourth-order valence-electron chi connectivity index (χ4n) is 3.84. The quantitative estimate of drug-likeness (QED) is 0.564. The van der Waals surface area contributed by atoms with Gasteiger partial charge in [0.25, 0.3) is 5.91 Å². The SMILES string of the molecule is Cc1nc(CN2CCN(C(=O)c3cc(-c4ccco4)nc4ccccc34)CC2)n[nH]1. The number of para-hydroxylation sites is 1. The van der Waals surface area contributed by atoms with Crippen molar-refractivity contribution in [2.24, 2.45) is 0 Å². The van der Waals surface area contributed by atoms with Crippen molar-refractivity contribution in [3.63, 3.8) is 0 Å². The molecule has 8 heteroatoms. The van der Waals surface area contributed by atoms with E-state index in [-0.39, 0.29) is 5.91 Å². The van der Waals surface area contributed by atoms with E-state index in [9.17, 15) is 4.79 Å². The predicted octanol–water partition coefficient (Wildman–Crippen LogP) is 2.88. The predicted molar refractivity (Wildman–Crippen MR) is 112 cm³/mol. The van der Waals surface area contributed by atoms with E-state index in [0.29, 0.717) is 36.7 Å². The highest BCUT2D eigenvalue weighted by Gasteiger charge is 2.25. The Balaban J connectivity index is 1.37. The van der Waals surface area contributed by atoms with Crippen LogP contribution in [0.1, 0.15) is 22.0 Å². The minimum absolute atomic E-state index is 0.0230. The molecule has 1 saturated heterocycles. The minimum atomic E-state index is 0.0230. The highest BCUT2D eigenvalue weighted by atomic mass is 16.3. The number of rotatable bonds is 4. The summed E-state index contributed by atoms with van der Waals surface area (Å²) in [7, 11) is 0. The van der Waals surface area contributed by atoms with Gasteiger partial charge in [0.1, 0.15) is 11.5 Å². The average Bonchev–Trinajstić information content (AvgIpc) is 3.45. The molecule has 0 radical (unpaired) electrons. The van der Waals surface area contributed by atoms with E-state index in [1.54, 1.807) is 6.26 Å². The lowest BCUT2D eigenvalue weighted by Crippen LogP contribution is -2.48. The fourth-order valence-corrected chi connectivity index (χ4v) is 3.84. The third kappa shape index (κ3) is 3.57. The van der Waals surface area contributed by atoms with E-state index in [1.807, 2.05) is 54.3 Å². The number of hydrogen-bond donors (Lipinski definition) is 1. The zero-order valence-electron chi connectivity index (χ0n) is 16.7. The molecule has 1 aromatic carbocycles. The van der Waals surface area contributed by atoms with E-state index in [1.165, 1.54) is 0 Å². The number of fused-ring (bicyclic) bond motifs is 1. The summed E-state index contributed by atoms with van der Waals surface area (Å²) < 4.78 is 5.51. The first-order chi connectivity index (χ1) is 14.7. The van der Waals surface area contributed by atoms with Gasteiger partial charge in [-0.05, 0) is 31.2 Å². The summed E-state index contributed by atoms with van der Waals surface area (Å²) in [6, 6.07) is 13.3. The highest BCUT2D eigenvalue weighted by molar-refractivity contribution is 6.07. The standard InChI is InChI=1S/C22H22N6O2/c1-15-23-21(26-25-15)14-27-8-10-28(11-9-27)22(29)17-13-19(20-7-4-12-30-20)24-18-6-3-2-5-16(17)18/h2-7,12-13H,8-11,14H2,1H3,(H,23,25,26). The van der Waals surface area contributed by atoms with Crippen molar-refractivity contribution in [3.05, 3.63) is 65.9 Å². The van der Waals surface area contributed by atoms with Crippen LogP contribution in [-0.2, 0) is 6.54 Å². The van der Waals surface area contributed by atoms with E-state index in [0.717, 1.165) is 35.6 Å². The number of H-pyrrole nitrogens is 1. The monoisotopic (exact) mass is 402 g/mol.